The van der Waals surface area contributed by atoms with Crippen LogP contribution >= 0.6 is 0 Å². The lowest BCUT2D eigenvalue weighted by molar-refractivity contribution is 1.07. The van der Waals surface area contributed by atoms with Crippen LogP contribution in [0, 0.1) is 13.8 Å². The smallest absolute Gasteiger partial charge is 0.150 e. The fraction of sp³-hybridized carbons (Fsp3) is 0.188. The van der Waals surface area contributed by atoms with Gasteiger partial charge in [0.05, 0.1) is 5.52 Å². The summed E-state index contributed by atoms with van der Waals surface area (Å²) in [4.78, 5) is 7.64. The first kappa shape index (κ1) is 11.8. The van der Waals surface area contributed by atoms with Crippen molar-refractivity contribution in [2.45, 2.75) is 20.4 Å². The van der Waals surface area contributed by atoms with Gasteiger partial charge in [-0.1, -0.05) is 18.2 Å². The maximum absolute atomic E-state index is 4.41. The lowest BCUT2D eigenvalue weighted by Crippen LogP contribution is -2.05. The van der Waals surface area contributed by atoms with Crippen molar-refractivity contribution in [1.29, 1.82) is 0 Å². The van der Waals surface area contributed by atoms with Gasteiger partial charge in [0.15, 0.2) is 5.82 Å². The lowest BCUT2D eigenvalue weighted by Gasteiger charge is -2.11. The molecule has 3 rings (SSSR count). The molecule has 0 saturated heterocycles. The predicted molar refractivity (Wildman–Crippen MR) is 79.3 cm³/mol. The van der Waals surface area contributed by atoms with E-state index in [-0.39, 0.29) is 0 Å². The summed E-state index contributed by atoms with van der Waals surface area (Å²) < 4.78 is 0. The van der Waals surface area contributed by atoms with Crippen LogP contribution in [0.2, 0.25) is 0 Å². The zero-order valence-corrected chi connectivity index (χ0v) is 11.2. The van der Waals surface area contributed by atoms with Gasteiger partial charge in [-0.3, -0.25) is 0 Å². The molecule has 0 aliphatic heterocycles. The third-order valence-corrected chi connectivity index (χ3v) is 3.55. The molecular weight excluding hydrogens is 234 g/mol. The number of aryl methyl sites for hydroxylation is 2. The fourth-order valence-electron chi connectivity index (χ4n) is 2.42. The molecule has 0 bridgehead atoms. The molecule has 2 aromatic heterocycles. The number of aromatic amines is 1. The first-order valence-corrected chi connectivity index (χ1v) is 6.47. The molecule has 0 radical (unpaired) electrons. The first-order chi connectivity index (χ1) is 9.25. The Kier molecular flexibility index (Phi) is 2.95. The highest BCUT2D eigenvalue weighted by molar-refractivity contribution is 5.88. The molecule has 96 valence electrons. The van der Waals surface area contributed by atoms with E-state index in [2.05, 4.69) is 53.4 Å². The highest BCUT2D eigenvalue weighted by Gasteiger charge is 2.05. The molecule has 0 aliphatic carbocycles. The molecule has 19 heavy (non-hydrogen) atoms. The largest absolute Gasteiger partial charge is 0.364 e. The van der Waals surface area contributed by atoms with Crippen LogP contribution in [0.3, 0.4) is 0 Å². The minimum atomic E-state index is 0.795. The van der Waals surface area contributed by atoms with E-state index in [0.29, 0.717) is 0 Å². The second-order valence-electron chi connectivity index (χ2n) is 4.83. The molecule has 0 aliphatic rings. The van der Waals surface area contributed by atoms with Crippen molar-refractivity contribution in [3.63, 3.8) is 0 Å². The standard InChI is InChI=1S/C16H17N3/c1-11-4-3-5-12(2)14(11)10-19-16-15-13(6-8-17-15)7-9-18-16/h3-9,17H,10H2,1-2H3,(H,18,19). The highest BCUT2D eigenvalue weighted by Crippen LogP contribution is 2.21. The molecular formula is C16H17N3. The number of fused-ring (bicyclic) bond motifs is 1. The van der Waals surface area contributed by atoms with Gasteiger partial charge in [-0.2, -0.15) is 0 Å². The maximum atomic E-state index is 4.41. The fourth-order valence-corrected chi connectivity index (χ4v) is 2.42. The summed E-state index contributed by atoms with van der Waals surface area (Å²) in [5, 5.41) is 4.61. The monoisotopic (exact) mass is 251 g/mol. The Hall–Kier alpha value is -2.29. The van der Waals surface area contributed by atoms with E-state index in [0.717, 1.165) is 17.9 Å². The second kappa shape index (κ2) is 4.76. The predicted octanol–water partition coefficient (Wildman–Crippen LogP) is 3.79. The molecule has 0 spiro atoms. The molecule has 2 heterocycles. The van der Waals surface area contributed by atoms with Crippen molar-refractivity contribution >= 4 is 16.7 Å². The van der Waals surface area contributed by atoms with Crippen molar-refractivity contribution in [3.8, 4) is 0 Å². The molecule has 3 heteroatoms. The van der Waals surface area contributed by atoms with Gasteiger partial charge in [-0.15, -0.1) is 0 Å². The number of hydrogen-bond acceptors (Lipinski definition) is 2. The average Bonchev–Trinajstić information content (AvgIpc) is 2.87. The summed E-state index contributed by atoms with van der Waals surface area (Å²) in [5.74, 6) is 0.908. The molecule has 2 N–H and O–H groups in total. The summed E-state index contributed by atoms with van der Waals surface area (Å²) in [6.45, 7) is 5.09. The van der Waals surface area contributed by atoms with E-state index in [4.69, 9.17) is 0 Å². The van der Waals surface area contributed by atoms with Crippen LogP contribution in [0.5, 0.6) is 0 Å². The number of nitrogens with one attached hydrogen (secondary N) is 2. The molecule has 0 unspecified atom stereocenters. The Labute approximate surface area is 112 Å². The maximum Gasteiger partial charge on any atom is 0.150 e. The number of H-pyrrole nitrogens is 1. The minimum absolute atomic E-state index is 0.795. The van der Waals surface area contributed by atoms with Crippen LogP contribution in [-0.2, 0) is 6.54 Å². The van der Waals surface area contributed by atoms with Gasteiger partial charge >= 0.3 is 0 Å². The van der Waals surface area contributed by atoms with E-state index in [1.165, 1.54) is 22.1 Å². The number of pyridine rings is 1. The number of hydrogen-bond donors (Lipinski definition) is 2. The topological polar surface area (TPSA) is 40.7 Å². The third kappa shape index (κ3) is 2.19. The van der Waals surface area contributed by atoms with Crippen LogP contribution in [-0.4, -0.2) is 9.97 Å². The lowest BCUT2D eigenvalue weighted by atomic mass is 10.0. The van der Waals surface area contributed by atoms with Crippen molar-refractivity contribution < 1.29 is 0 Å². The summed E-state index contributed by atoms with van der Waals surface area (Å²) in [5.41, 5.74) is 5.03. The number of rotatable bonds is 3. The molecule has 0 atom stereocenters. The Morgan fingerprint density at radius 3 is 2.68 bits per heavy atom. The Morgan fingerprint density at radius 2 is 1.89 bits per heavy atom. The molecule has 3 aromatic rings. The number of aromatic nitrogens is 2. The zero-order chi connectivity index (χ0) is 13.2. The summed E-state index contributed by atoms with van der Waals surface area (Å²) in [6, 6.07) is 10.5. The Bertz CT molecular complexity index is 693. The van der Waals surface area contributed by atoms with E-state index in [9.17, 15) is 0 Å². The van der Waals surface area contributed by atoms with E-state index in [1.807, 2.05) is 18.5 Å². The SMILES string of the molecule is Cc1cccc(C)c1CNc1nccc2cc[nH]c12. The van der Waals surface area contributed by atoms with Gasteiger partial charge in [0.25, 0.3) is 0 Å². The molecule has 1 aromatic carbocycles. The van der Waals surface area contributed by atoms with Gasteiger partial charge in [-0.05, 0) is 42.7 Å². The summed E-state index contributed by atoms with van der Waals surface area (Å²) >= 11 is 0. The van der Waals surface area contributed by atoms with Crippen LogP contribution in [0.25, 0.3) is 10.9 Å². The third-order valence-electron chi connectivity index (χ3n) is 3.55. The van der Waals surface area contributed by atoms with Crippen LogP contribution < -0.4 is 5.32 Å². The van der Waals surface area contributed by atoms with E-state index < -0.39 is 0 Å². The van der Waals surface area contributed by atoms with Crippen LogP contribution in [0.15, 0.2) is 42.7 Å². The van der Waals surface area contributed by atoms with Crippen molar-refractivity contribution in [2.24, 2.45) is 0 Å². The van der Waals surface area contributed by atoms with Gasteiger partial charge in [0.1, 0.15) is 0 Å². The second-order valence-corrected chi connectivity index (χ2v) is 4.83. The summed E-state index contributed by atoms with van der Waals surface area (Å²) in [6.07, 6.45) is 3.78. The average molecular weight is 251 g/mol. The van der Waals surface area contributed by atoms with Gasteiger partial charge < -0.3 is 10.3 Å². The van der Waals surface area contributed by atoms with Crippen molar-refractivity contribution in [1.82, 2.24) is 9.97 Å². The number of anilines is 1. The number of benzene rings is 1. The van der Waals surface area contributed by atoms with E-state index >= 15 is 0 Å². The summed E-state index contributed by atoms with van der Waals surface area (Å²) in [7, 11) is 0. The molecule has 0 fully saturated rings. The van der Waals surface area contributed by atoms with Crippen LogP contribution in [0.4, 0.5) is 5.82 Å². The molecule has 0 amide bonds. The highest BCUT2D eigenvalue weighted by atomic mass is 15.0. The minimum Gasteiger partial charge on any atom is -0.364 e. The van der Waals surface area contributed by atoms with Gasteiger partial charge in [0.2, 0.25) is 0 Å². The Morgan fingerprint density at radius 1 is 1.11 bits per heavy atom. The normalized spacial score (nSPS) is 10.8. The molecule has 3 nitrogen and oxygen atoms in total. The van der Waals surface area contributed by atoms with Crippen LogP contribution in [0.1, 0.15) is 16.7 Å². The quantitative estimate of drug-likeness (QED) is 0.743. The first-order valence-electron chi connectivity index (χ1n) is 6.47. The molecule has 0 saturated carbocycles. The van der Waals surface area contributed by atoms with Gasteiger partial charge in [0, 0.05) is 24.3 Å². The van der Waals surface area contributed by atoms with Crippen molar-refractivity contribution in [3.05, 3.63) is 59.4 Å². The Balaban J connectivity index is 1.88. The van der Waals surface area contributed by atoms with E-state index in [1.54, 1.807) is 0 Å². The zero-order valence-electron chi connectivity index (χ0n) is 11.2. The number of nitrogens with zero attached hydrogens (tertiary/aromatic N) is 1. The van der Waals surface area contributed by atoms with Crippen molar-refractivity contribution in [2.75, 3.05) is 5.32 Å². The van der Waals surface area contributed by atoms with Gasteiger partial charge in [-0.25, -0.2) is 4.98 Å².